The molecule has 0 saturated carbocycles. The van der Waals surface area contributed by atoms with Crippen LogP contribution in [0.5, 0.6) is 0 Å². The molecule has 1 aliphatic heterocycles. The molecule has 0 atom stereocenters. The quantitative estimate of drug-likeness (QED) is 0.479. The van der Waals surface area contributed by atoms with Crippen LogP contribution in [-0.2, 0) is 28.7 Å². The van der Waals surface area contributed by atoms with E-state index in [1.807, 2.05) is 36.0 Å². The van der Waals surface area contributed by atoms with Gasteiger partial charge < -0.3 is 9.88 Å². The fourth-order valence-electron chi connectivity index (χ4n) is 4.12. The van der Waals surface area contributed by atoms with Crippen LogP contribution >= 0.6 is 0 Å². The summed E-state index contributed by atoms with van der Waals surface area (Å²) in [5.41, 5.74) is 5.58. The minimum atomic E-state index is -3.05. The van der Waals surface area contributed by atoms with Crippen LogP contribution in [0.15, 0.2) is 42.9 Å². The molecule has 1 N–H and O–H groups in total. The molecule has 0 radical (unpaired) electrons. The molecule has 0 aliphatic carbocycles. The van der Waals surface area contributed by atoms with Gasteiger partial charge in [-0.2, -0.15) is 15.0 Å². The lowest BCUT2D eigenvalue weighted by atomic mass is 9.99. The van der Waals surface area contributed by atoms with Gasteiger partial charge in [-0.05, 0) is 35.8 Å². The maximum Gasteiger partial charge on any atom is 0.222 e. The largest absolute Gasteiger partial charge is 0.349 e. The minimum Gasteiger partial charge on any atom is -0.349 e. The molecule has 4 aromatic rings. The Balaban J connectivity index is 1.70. The number of aryl methyl sites for hydroxylation is 2. The first-order valence-corrected chi connectivity index (χ1v) is 12.5. The van der Waals surface area contributed by atoms with E-state index >= 15 is 0 Å². The number of carbonyl (C=O) groups is 1. The Kier molecular flexibility index (Phi) is 5.28. The summed E-state index contributed by atoms with van der Waals surface area (Å²) < 4.78 is 25.9. The number of fused-ring (bicyclic) bond motifs is 1. The second-order valence-electron chi connectivity index (χ2n) is 8.36. The van der Waals surface area contributed by atoms with E-state index in [1.54, 1.807) is 25.5 Å². The average molecular weight is 478 g/mol. The third-order valence-electron chi connectivity index (χ3n) is 5.78. The number of amides is 1. The van der Waals surface area contributed by atoms with Crippen LogP contribution < -0.4 is 5.32 Å². The SMILES string of the molecule is CC(=O)Nc1cc2c(-c3cc(C4=CCS(=O)(=O)CC4)cc(-c4cnn(C)n4)n3)cn(C)c2cn1. The molecule has 4 aromatic heterocycles. The predicted octanol–water partition coefficient (Wildman–Crippen LogP) is 2.59. The number of allylic oxidation sites excluding steroid dienone is 1. The topological polar surface area (TPSA) is 125 Å². The Hall–Kier alpha value is -3.86. The summed E-state index contributed by atoms with van der Waals surface area (Å²) in [6.07, 6.45) is 7.55. The fourth-order valence-corrected chi connectivity index (χ4v) is 5.27. The average Bonchev–Trinajstić information content (AvgIpc) is 3.36. The molecule has 0 fully saturated rings. The number of hydrogen-bond donors (Lipinski definition) is 1. The van der Waals surface area contributed by atoms with Crippen LogP contribution in [0, 0.1) is 0 Å². The van der Waals surface area contributed by atoms with Crippen LogP contribution in [0.25, 0.3) is 39.1 Å². The Morgan fingerprint density at radius 1 is 1.09 bits per heavy atom. The smallest absolute Gasteiger partial charge is 0.222 e. The van der Waals surface area contributed by atoms with Gasteiger partial charge in [0.2, 0.25) is 5.91 Å². The van der Waals surface area contributed by atoms with Crippen molar-refractivity contribution in [1.29, 1.82) is 0 Å². The highest BCUT2D eigenvalue weighted by molar-refractivity contribution is 7.91. The Morgan fingerprint density at radius 2 is 1.88 bits per heavy atom. The van der Waals surface area contributed by atoms with E-state index in [9.17, 15) is 13.2 Å². The Labute approximate surface area is 196 Å². The zero-order valence-corrected chi connectivity index (χ0v) is 19.8. The second kappa shape index (κ2) is 8.17. The zero-order chi connectivity index (χ0) is 24.0. The van der Waals surface area contributed by atoms with Crippen molar-refractivity contribution in [3.8, 4) is 22.6 Å². The highest BCUT2D eigenvalue weighted by Gasteiger charge is 2.21. The van der Waals surface area contributed by atoms with E-state index in [1.165, 1.54) is 11.7 Å². The molecule has 5 heterocycles. The summed E-state index contributed by atoms with van der Waals surface area (Å²) in [5, 5.41) is 12.2. The van der Waals surface area contributed by atoms with Crippen molar-refractivity contribution in [2.75, 3.05) is 16.8 Å². The van der Waals surface area contributed by atoms with E-state index < -0.39 is 9.84 Å². The first kappa shape index (κ1) is 22.0. The summed E-state index contributed by atoms with van der Waals surface area (Å²) in [6.45, 7) is 1.44. The van der Waals surface area contributed by atoms with Gasteiger partial charge in [-0.15, -0.1) is 0 Å². The molecule has 10 nitrogen and oxygen atoms in total. The van der Waals surface area contributed by atoms with Crippen LogP contribution in [0.4, 0.5) is 5.82 Å². The molecule has 0 unspecified atom stereocenters. The number of rotatable bonds is 4. The Morgan fingerprint density at radius 3 is 2.56 bits per heavy atom. The molecule has 0 bridgehead atoms. The minimum absolute atomic E-state index is 0.0283. The highest BCUT2D eigenvalue weighted by atomic mass is 32.2. The van der Waals surface area contributed by atoms with Gasteiger partial charge in [0.25, 0.3) is 0 Å². The number of nitrogens with one attached hydrogen (secondary N) is 1. The van der Waals surface area contributed by atoms with Crippen LogP contribution in [0.1, 0.15) is 18.9 Å². The maximum atomic E-state index is 11.9. The molecule has 0 saturated heterocycles. The standard InChI is InChI=1S/C23H23N7O3S/c1-14(31)26-23-10-17-18(13-29(2)22(17)12-24-23)19-8-16(15-4-6-34(32,33)7-5-15)9-20(27-19)21-11-25-30(3)28-21/h4,8-13H,5-7H2,1-3H3,(H,24,26,31). The number of anilines is 1. The zero-order valence-electron chi connectivity index (χ0n) is 19.0. The maximum absolute atomic E-state index is 11.9. The predicted molar refractivity (Wildman–Crippen MR) is 129 cm³/mol. The van der Waals surface area contributed by atoms with Crippen molar-refractivity contribution in [3.05, 3.63) is 48.4 Å². The summed E-state index contributed by atoms with van der Waals surface area (Å²) in [4.78, 5) is 22.2. The molecule has 1 amide bonds. The third kappa shape index (κ3) is 4.21. The molecule has 1 aliphatic rings. The normalized spacial score (nSPS) is 15.3. The van der Waals surface area contributed by atoms with Gasteiger partial charge in [0, 0.05) is 38.2 Å². The molecule has 174 valence electrons. The van der Waals surface area contributed by atoms with Gasteiger partial charge >= 0.3 is 0 Å². The lowest BCUT2D eigenvalue weighted by molar-refractivity contribution is -0.114. The molecule has 0 spiro atoms. The third-order valence-corrected chi connectivity index (χ3v) is 7.28. The molecule has 11 heteroatoms. The van der Waals surface area contributed by atoms with Crippen molar-refractivity contribution in [3.63, 3.8) is 0 Å². The molecular weight excluding hydrogens is 454 g/mol. The lowest BCUT2D eigenvalue weighted by Crippen LogP contribution is -2.15. The first-order chi connectivity index (χ1) is 16.2. The number of aromatic nitrogens is 6. The molecule has 34 heavy (non-hydrogen) atoms. The van der Waals surface area contributed by atoms with Crippen molar-refractivity contribution < 1.29 is 13.2 Å². The van der Waals surface area contributed by atoms with Gasteiger partial charge in [0.15, 0.2) is 9.84 Å². The highest BCUT2D eigenvalue weighted by Crippen LogP contribution is 2.34. The summed E-state index contributed by atoms with van der Waals surface area (Å²) in [7, 11) is 0.617. The van der Waals surface area contributed by atoms with Gasteiger partial charge in [0.05, 0.1) is 40.8 Å². The molecule has 5 rings (SSSR count). The lowest BCUT2D eigenvalue weighted by Gasteiger charge is -2.15. The monoisotopic (exact) mass is 477 g/mol. The number of hydrogen-bond acceptors (Lipinski definition) is 7. The van der Waals surface area contributed by atoms with Crippen LogP contribution in [0.2, 0.25) is 0 Å². The van der Waals surface area contributed by atoms with Gasteiger partial charge in [-0.3, -0.25) is 4.79 Å². The first-order valence-electron chi connectivity index (χ1n) is 10.7. The van der Waals surface area contributed by atoms with E-state index in [0.717, 1.165) is 27.6 Å². The second-order valence-corrected chi connectivity index (χ2v) is 10.6. The number of pyridine rings is 2. The van der Waals surface area contributed by atoms with Gasteiger partial charge in [0.1, 0.15) is 11.5 Å². The number of sulfone groups is 1. The summed E-state index contributed by atoms with van der Waals surface area (Å²) in [5.74, 6) is 0.406. The van der Waals surface area contributed by atoms with Crippen molar-refractivity contribution >= 4 is 38.0 Å². The fraction of sp³-hybridized carbons (Fsp3) is 0.261. The Bertz CT molecular complexity index is 1580. The van der Waals surface area contributed by atoms with E-state index in [4.69, 9.17) is 4.98 Å². The van der Waals surface area contributed by atoms with Gasteiger partial charge in [-0.25, -0.2) is 18.4 Å². The van der Waals surface area contributed by atoms with Crippen molar-refractivity contribution in [2.24, 2.45) is 14.1 Å². The van der Waals surface area contributed by atoms with Crippen LogP contribution in [0.3, 0.4) is 0 Å². The number of carbonyl (C=O) groups excluding carboxylic acids is 1. The van der Waals surface area contributed by atoms with E-state index in [-0.39, 0.29) is 17.4 Å². The molecular formula is C23H23N7O3S. The van der Waals surface area contributed by atoms with E-state index in [2.05, 4.69) is 20.5 Å². The van der Waals surface area contributed by atoms with Crippen molar-refractivity contribution in [2.45, 2.75) is 13.3 Å². The van der Waals surface area contributed by atoms with Gasteiger partial charge in [-0.1, -0.05) is 6.08 Å². The van der Waals surface area contributed by atoms with E-state index in [0.29, 0.717) is 29.3 Å². The van der Waals surface area contributed by atoms with Crippen molar-refractivity contribution in [1.82, 2.24) is 29.5 Å². The summed E-state index contributed by atoms with van der Waals surface area (Å²) in [6, 6.07) is 5.72. The van der Waals surface area contributed by atoms with Crippen LogP contribution in [-0.4, -0.2) is 55.4 Å². The summed E-state index contributed by atoms with van der Waals surface area (Å²) >= 11 is 0. The molecule has 0 aromatic carbocycles. The number of nitrogens with zero attached hydrogens (tertiary/aromatic N) is 6.